The van der Waals surface area contributed by atoms with Crippen molar-refractivity contribution < 1.29 is 0 Å². The Morgan fingerprint density at radius 3 is 2.76 bits per heavy atom. The highest BCUT2D eigenvalue weighted by molar-refractivity contribution is 9.10. The molecule has 0 saturated carbocycles. The summed E-state index contributed by atoms with van der Waals surface area (Å²) in [5.41, 5.74) is 3.62. The third kappa shape index (κ3) is 2.37. The van der Waals surface area contributed by atoms with E-state index >= 15 is 0 Å². The van der Waals surface area contributed by atoms with Crippen molar-refractivity contribution in [1.82, 2.24) is 19.3 Å². The quantitative estimate of drug-likeness (QED) is 0.610. The van der Waals surface area contributed by atoms with E-state index in [9.17, 15) is 0 Å². The molecule has 0 bridgehead atoms. The third-order valence-electron chi connectivity index (χ3n) is 3.35. The van der Waals surface area contributed by atoms with Crippen LogP contribution in [0, 0.1) is 6.92 Å². The third-order valence-corrected chi connectivity index (χ3v) is 4.49. The minimum Gasteiger partial charge on any atom is -0.279 e. The van der Waals surface area contributed by atoms with Gasteiger partial charge in [0.2, 0.25) is 0 Å². The van der Waals surface area contributed by atoms with E-state index < -0.39 is 0 Å². The van der Waals surface area contributed by atoms with E-state index in [2.05, 4.69) is 32.9 Å². The van der Waals surface area contributed by atoms with Gasteiger partial charge in [-0.25, -0.2) is 9.67 Å². The Bertz CT molecular complexity index is 822. The maximum atomic E-state index is 6.15. The fourth-order valence-corrected chi connectivity index (χ4v) is 3.20. The fraction of sp³-hybridized carbons (Fsp3) is 0.286. The molecule has 0 radical (unpaired) electrons. The number of aromatic nitrogens is 4. The Morgan fingerprint density at radius 1 is 1.33 bits per heavy atom. The molecular formula is C14H13BrCl2N4. The van der Waals surface area contributed by atoms with Gasteiger partial charge in [-0.2, -0.15) is 5.10 Å². The summed E-state index contributed by atoms with van der Waals surface area (Å²) in [6.07, 6.45) is 0. The van der Waals surface area contributed by atoms with Crippen molar-refractivity contribution in [2.24, 2.45) is 0 Å². The molecule has 0 aliphatic heterocycles. The zero-order valence-corrected chi connectivity index (χ0v) is 14.7. The molecule has 0 aliphatic carbocycles. The van der Waals surface area contributed by atoms with E-state index in [1.807, 2.05) is 34.4 Å². The standard InChI is InChI=1S/C14H13BrCl2N4/c1-3-20-14-13(8(2)19-20)18-12(7-16)21(14)11-6-9(17)4-5-10(11)15/h4-6H,3,7H2,1-2H3. The largest absolute Gasteiger partial charge is 0.279 e. The van der Waals surface area contributed by atoms with E-state index in [-0.39, 0.29) is 0 Å². The summed E-state index contributed by atoms with van der Waals surface area (Å²) in [6, 6.07) is 5.65. The average Bonchev–Trinajstić information content (AvgIpc) is 2.99. The minimum absolute atomic E-state index is 0.316. The lowest BCUT2D eigenvalue weighted by Crippen LogP contribution is -2.06. The summed E-state index contributed by atoms with van der Waals surface area (Å²) in [4.78, 5) is 4.63. The van der Waals surface area contributed by atoms with Crippen molar-refractivity contribution in [3.63, 3.8) is 0 Å². The minimum atomic E-state index is 0.316. The van der Waals surface area contributed by atoms with Crippen molar-refractivity contribution in [1.29, 1.82) is 0 Å². The highest BCUT2D eigenvalue weighted by Crippen LogP contribution is 2.31. The molecule has 0 fully saturated rings. The van der Waals surface area contributed by atoms with Crippen LogP contribution in [0.5, 0.6) is 0 Å². The molecule has 3 rings (SSSR count). The Kier molecular flexibility index (Phi) is 3.99. The number of aryl methyl sites for hydroxylation is 2. The maximum absolute atomic E-state index is 6.15. The van der Waals surface area contributed by atoms with Gasteiger partial charge in [0, 0.05) is 16.0 Å². The smallest absolute Gasteiger partial charge is 0.163 e. The predicted octanol–water partition coefficient (Wildman–Crippen LogP) is 4.71. The summed E-state index contributed by atoms with van der Waals surface area (Å²) in [5.74, 6) is 1.09. The van der Waals surface area contributed by atoms with Crippen LogP contribution < -0.4 is 0 Å². The van der Waals surface area contributed by atoms with E-state index in [0.717, 1.165) is 39.4 Å². The fourth-order valence-electron chi connectivity index (χ4n) is 2.43. The molecule has 110 valence electrons. The first-order valence-electron chi connectivity index (χ1n) is 6.53. The summed E-state index contributed by atoms with van der Waals surface area (Å²) in [5, 5.41) is 5.19. The number of hydrogen-bond donors (Lipinski definition) is 0. The van der Waals surface area contributed by atoms with E-state index in [4.69, 9.17) is 23.2 Å². The zero-order valence-electron chi connectivity index (χ0n) is 11.6. The van der Waals surface area contributed by atoms with Gasteiger partial charge < -0.3 is 0 Å². The van der Waals surface area contributed by atoms with Crippen molar-refractivity contribution in [3.05, 3.63) is 39.2 Å². The normalized spacial score (nSPS) is 11.5. The van der Waals surface area contributed by atoms with E-state index in [1.165, 1.54) is 0 Å². The molecule has 3 aromatic rings. The van der Waals surface area contributed by atoms with Crippen LogP contribution in [0.25, 0.3) is 16.9 Å². The van der Waals surface area contributed by atoms with Crippen LogP contribution in [0.1, 0.15) is 18.4 Å². The monoisotopic (exact) mass is 386 g/mol. The number of imidazole rings is 1. The number of rotatable bonds is 3. The Labute approximate surface area is 140 Å². The molecule has 4 nitrogen and oxygen atoms in total. The molecule has 1 aromatic carbocycles. The van der Waals surface area contributed by atoms with Gasteiger partial charge in [0.15, 0.2) is 5.65 Å². The molecule has 2 heterocycles. The lowest BCUT2D eigenvalue weighted by atomic mass is 10.3. The lowest BCUT2D eigenvalue weighted by Gasteiger charge is -2.11. The Balaban J connectivity index is 2.42. The van der Waals surface area contributed by atoms with Gasteiger partial charge >= 0.3 is 0 Å². The zero-order chi connectivity index (χ0) is 15.1. The molecule has 0 amide bonds. The van der Waals surface area contributed by atoms with Crippen molar-refractivity contribution in [2.45, 2.75) is 26.3 Å². The molecular weight excluding hydrogens is 375 g/mol. The Hall–Kier alpha value is -1.04. The van der Waals surface area contributed by atoms with Gasteiger partial charge in [0.05, 0.1) is 17.3 Å². The first kappa shape index (κ1) is 14.9. The molecule has 0 spiro atoms. The number of hydrogen-bond acceptors (Lipinski definition) is 2. The van der Waals surface area contributed by atoms with Crippen LogP contribution >= 0.6 is 39.1 Å². The van der Waals surface area contributed by atoms with Gasteiger partial charge in [-0.15, -0.1) is 11.6 Å². The highest BCUT2D eigenvalue weighted by atomic mass is 79.9. The average molecular weight is 388 g/mol. The van der Waals surface area contributed by atoms with Gasteiger partial charge in [-0.3, -0.25) is 4.57 Å². The number of alkyl halides is 1. The molecule has 0 aliphatic rings. The van der Waals surface area contributed by atoms with Crippen LogP contribution in [0.15, 0.2) is 22.7 Å². The van der Waals surface area contributed by atoms with Crippen LogP contribution in [0.2, 0.25) is 5.02 Å². The second-order valence-electron chi connectivity index (χ2n) is 4.67. The second-order valence-corrected chi connectivity index (χ2v) is 6.22. The first-order valence-corrected chi connectivity index (χ1v) is 8.23. The van der Waals surface area contributed by atoms with Gasteiger partial charge in [-0.05, 0) is 48.0 Å². The number of nitrogens with zero attached hydrogens (tertiary/aromatic N) is 4. The van der Waals surface area contributed by atoms with Gasteiger partial charge in [0.25, 0.3) is 0 Å². The number of halogens is 3. The molecule has 0 saturated heterocycles. The molecule has 7 heteroatoms. The van der Waals surface area contributed by atoms with E-state index in [1.54, 1.807) is 0 Å². The summed E-state index contributed by atoms with van der Waals surface area (Å²) >= 11 is 15.8. The van der Waals surface area contributed by atoms with E-state index in [0.29, 0.717) is 10.9 Å². The van der Waals surface area contributed by atoms with Gasteiger partial charge in [0.1, 0.15) is 11.3 Å². The summed E-state index contributed by atoms with van der Waals surface area (Å²) in [6.45, 7) is 4.77. The molecule has 2 aromatic heterocycles. The summed E-state index contributed by atoms with van der Waals surface area (Å²) in [7, 11) is 0. The van der Waals surface area contributed by atoms with Crippen LogP contribution in [0.4, 0.5) is 0 Å². The summed E-state index contributed by atoms with van der Waals surface area (Å²) < 4.78 is 4.88. The Morgan fingerprint density at radius 2 is 2.10 bits per heavy atom. The van der Waals surface area contributed by atoms with Crippen LogP contribution in [0.3, 0.4) is 0 Å². The van der Waals surface area contributed by atoms with Gasteiger partial charge in [-0.1, -0.05) is 11.6 Å². The molecule has 21 heavy (non-hydrogen) atoms. The predicted molar refractivity (Wildman–Crippen MR) is 89.5 cm³/mol. The lowest BCUT2D eigenvalue weighted by molar-refractivity contribution is 0.660. The molecule has 0 atom stereocenters. The number of fused-ring (bicyclic) bond motifs is 1. The topological polar surface area (TPSA) is 35.6 Å². The maximum Gasteiger partial charge on any atom is 0.163 e. The number of benzene rings is 1. The highest BCUT2D eigenvalue weighted by Gasteiger charge is 2.20. The molecule has 0 N–H and O–H groups in total. The second kappa shape index (κ2) is 5.63. The van der Waals surface area contributed by atoms with Crippen molar-refractivity contribution in [2.75, 3.05) is 0 Å². The van der Waals surface area contributed by atoms with Crippen molar-refractivity contribution >= 4 is 50.3 Å². The SMILES string of the molecule is CCn1nc(C)c2nc(CCl)n(-c3cc(Cl)ccc3Br)c21. The molecule has 0 unspecified atom stereocenters. The van der Waals surface area contributed by atoms with Crippen LogP contribution in [-0.4, -0.2) is 19.3 Å². The first-order chi connectivity index (χ1) is 10.1. The van der Waals surface area contributed by atoms with Crippen LogP contribution in [-0.2, 0) is 12.4 Å². The van der Waals surface area contributed by atoms with Crippen molar-refractivity contribution in [3.8, 4) is 5.69 Å².